The van der Waals surface area contributed by atoms with E-state index in [1.54, 1.807) is 55.9 Å². The minimum Gasteiger partial charge on any atom is -0.465 e. The molecule has 6 rings (SSSR count). The SMILES string of the molecule is CC(C)(C)N(C(=O)O)[C@@H]1c2cccnc2[C@@H](CC(=O)N2CCC(n3c(=O)[nH]c4ncccc43)CC2)CC[C@@H]1c1cccc(F)c1F. The lowest BCUT2D eigenvalue weighted by molar-refractivity contribution is -0.133. The number of carboxylic acid groups (broad SMARTS) is 1. The molecule has 1 saturated heterocycles. The predicted octanol–water partition coefficient (Wildman–Crippen LogP) is 6.13. The third kappa shape index (κ3) is 5.76. The summed E-state index contributed by atoms with van der Waals surface area (Å²) in [5, 5.41) is 10.5. The van der Waals surface area contributed by atoms with Crippen LogP contribution >= 0.6 is 0 Å². The van der Waals surface area contributed by atoms with Gasteiger partial charge in [0.2, 0.25) is 5.91 Å². The van der Waals surface area contributed by atoms with Crippen LogP contribution in [0.1, 0.15) is 93.6 Å². The van der Waals surface area contributed by atoms with E-state index in [0.717, 1.165) is 11.6 Å². The van der Waals surface area contributed by atoms with Gasteiger partial charge >= 0.3 is 11.8 Å². The van der Waals surface area contributed by atoms with E-state index in [9.17, 15) is 23.9 Å². The maximum Gasteiger partial charge on any atom is 0.408 e. The number of nitrogens with zero attached hydrogens (tertiary/aromatic N) is 5. The zero-order valence-electron chi connectivity index (χ0n) is 26.1. The van der Waals surface area contributed by atoms with Gasteiger partial charge in [-0.1, -0.05) is 18.2 Å². The summed E-state index contributed by atoms with van der Waals surface area (Å²) in [5.74, 6) is -3.13. The lowest BCUT2D eigenvalue weighted by Gasteiger charge is -2.43. The molecule has 0 bridgehead atoms. The first-order valence-corrected chi connectivity index (χ1v) is 15.7. The summed E-state index contributed by atoms with van der Waals surface area (Å²) in [6.45, 7) is 6.26. The smallest absolute Gasteiger partial charge is 0.408 e. The zero-order valence-corrected chi connectivity index (χ0v) is 26.1. The monoisotopic (exact) mass is 632 g/mol. The standard InChI is InChI=1S/C34H38F2N6O4/c1-34(2,3)42(33(45)46)30-23(22-7-4-9-25(35)28(22)36)12-11-20(29-24(30)8-5-15-37-29)19-27(43)40-17-13-21(14-18-40)41-26-10-6-16-38-31(26)39-32(41)44/h4-10,15-16,20-21,23,30H,11-14,17-19H2,1-3H3,(H,45,46)(H,38,39,44)/t20-,23-,30+/m1/s1. The number of pyridine rings is 2. The third-order valence-electron chi connectivity index (χ3n) is 9.47. The lowest BCUT2D eigenvalue weighted by Crippen LogP contribution is -2.49. The van der Waals surface area contributed by atoms with Crippen LogP contribution in [-0.4, -0.2) is 65.1 Å². The maximum absolute atomic E-state index is 15.4. The highest BCUT2D eigenvalue weighted by atomic mass is 19.2. The molecule has 0 saturated carbocycles. The topological polar surface area (TPSA) is 124 Å². The Hall–Kier alpha value is -4.61. The molecule has 3 atom stereocenters. The van der Waals surface area contributed by atoms with Crippen molar-refractivity contribution in [1.82, 2.24) is 29.3 Å². The summed E-state index contributed by atoms with van der Waals surface area (Å²) in [5.41, 5.74) is 1.47. The highest BCUT2D eigenvalue weighted by Gasteiger charge is 2.44. The number of hydrogen-bond donors (Lipinski definition) is 2. The Morgan fingerprint density at radius 3 is 2.39 bits per heavy atom. The van der Waals surface area contributed by atoms with Crippen molar-refractivity contribution in [2.45, 2.75) is 82.3 Å². The molecule has 2 N–H and O–H groups in total. The number of fused-ring (bicyclic) bond motifs is 2. The number of hydrogen-bond acceptors (Lipinski definition) is 5. The molecule has 242 valence electrons. The van der Waals surface area contributed by atoms with Crippen molar-refractivity contribution < 1.29 is 23.5 Å². The number of rotatable bonds is 5. The van der Waals surface area contributed by atoms with Gasteiger partial charge in [-0.25, -0.2) is 23.4 Å². The second-order valence-electron chi connectivity index (χ2n) is 13.3. The molecule has 12 heteroatoms. The second kappa shape index (κ2) is 12.3. The number of likely N-dealkylation sites (tertiary alicyclic amines) is 1. The highest BCUT2D eigenvalue weighted by molar-refractivity contribution is 5.77. The fourth-order valence-electron chi connectivity index (χ4n) is 7.42. The molecule has 1 fully saturated rings. The number of aromatic nitrogens is 4. The number of aromatic amines is 1. The highest BCUT2D eigenvalue weighted by Crippen LogP contribution is 2.49. The molecule has 0 unspecified atom stereocenters. The molecule has 1 aliphatic heterocycles. The maximum atomic E-state index is 15.4. The Morgan fingerprint density at radius 2 is 1.67 bits per heavy atom. The van der Waals surface area contributed by atoms with Crippen LogP contribution in [0.4, 0.5) is 13.6 Å². The van der Waals surface area contributed by atoms with Crippen LogP contribution in [-0.2, 0) is 4.79 Å². The first kappa shape index (κ1) is 31.4. The number of carbonyl (C=O) groups is 2. The minimum absolute atomic E-state index is 0.0640. The van der Waals surface area contributed by atoms with Gasteiger partial charge in [0, 0.05) is 61.0 Å². The van der Waals surface area contributed by atoms with Crippen LogP contribution < -0.4 is 5.69 Å². The van der Waals surface area contributed by atoms with Gasteiger partial charge < -0.3 is 10.0 Å². The van der Waals surface area contributed by atoms with Crippen molar-refractivity contribution in [2.24, 2.45) is 0 Å². The molecule has 1 aliphatic carbocycles. The van der Waals surface area contributed by atoms with E-state index in [4.69, 9.17) is 0 Å². The van der Waals surface area contributed by atoms with Gasteiger partial charge in [0.1, 0.15) is 0 Å². The number of nitrogens with one attached hydrogen (secondary N) is 1. The second-order valence-corrected chi connectivity index (χ2v) is 13.3. The van der Waals surface area contributed by atoms with Crippen molar-refractivity contribution in [1.29, 1.82) is 0 Å². The summed E-state index contributed by atoms with van der Waals surface area (Å²) >= 11 is 0. The molecular weight excluding hydrogens is 594 g/mol. The zero-order chi connectivity index (χ0) is 32.7. The molecule has 46 heavy (non-hydrogen) atoms. The van der Waals surface area contributed by atoms with Gasteiger partial charge in [-0.2, -0.15) is 0 Å². The fourth-order valence-corrected chi connectivity index (χ4v) is 7.42. The van der Waals surface area contributed by atoms with Crippen LogP contribution in [0.5, 0.6) is 0 Å². The molecule has 0 radical (unpaired) electrons. The van der Waals surface area contributed by atoms with E-state index in [1.807, 2.05) is 11.0 Å². The van der Waals surface area contributed by atoms with Crippen LogP contribution in [0.15, 0.2) is 59.7 Å². The summed E-state index contributed by atoms with van der Waals surface area (Å²) in [4.78, 5) is 54.2. The van der Waals surface area contributed by atoms with Crippen molar-refractivity contribution in [2.75, 3.05) is 13.1 Å². The molecular formula is C34H38F2N6O4. The predicted molar refractivity (Wildman–Crippen MR) is 167 cm³/mol. The largest absolute Gasteiger partial charge is 0.465 e. The van der Waals surface area contributed by atoms with Gasteiger partial charge in [0.15, 0.2) is 17.3 Å². The van der Waals surface area contributed by atoms with Crippen LogP contribution in [0.2, 0.25) is 0 Å². The molecule has 10 nitrogen and oxygen atoms in total. The Labute approximate surface area is 265 Å². The third-order valence-corrected chi connectivity index (χ3v) is 9.47. The van der Waals surface area contributed by atoms with Crippen LogP contribution in [0.3, 0.4) is 0 Å². The number of piperidine rings is 1. The van der Waals surface area contributed by atoms with Crippen molar-refractivity contribution >= 4 is 23.2 Å². The van der Waals surface area contributed by atoms with Crippen molar-refractivity contribution in [3.8, 4) is 0 Å². The molecule has 3 aromatic heterocycles. The summed E-state index contributed by atoms with van der Waals surface area (Å²) in [6.07, 6.45) is 4.17. The van der Waals surface area contributed by atoms with Gasteiger partial charge in [-0.15, -0.1) is 0 Å². The Bertz CT molecular complexity index is 1820. The van der Waals surface area contributed by atoms with Crippen LogP contribution in [0.25, 0.3) is 11.2 Å². The molecule has 2 aliphatic rings. The van der Waals surface area contributed by atoms with E-state index in [-0.39, 0.29) is 35.5 Å². The molecule has 1 aromatic carbocycles. The van der Waals surface area contributed by atoms with Crippen molar-refractivity contribution in [3.63, 3.8) is 0 Å². The van der Waals surface area contributed by atoms with Crippen molar-refractivity contribution in [3.05, 3.63) is 93.8 Å². The summed E-state index contributed by atoms with van der Waals surface area (Å²) in [7, 11) is 0. The fraction of sp³-hybridized carbons (Fsp3) is 0.441. The Balaban J connectivity index is 1.28. The number of amides is 2. The first-order valence-electron chi connectivity index (χ1n) is 15.7. The van der Waals surface area contributed by atoms with E-state index in [0.29, 0.717) is 55.7 Å². The molecule has 2 amide bonds. The van der Waals surface area contributed by atoms with E-state index in [1.165, 1.54) is 17.0 Å². The number of imidazole rings is 1. The number of benzene rings is 1. The van der Waals surface area contributed by atoms with Gasteiger partial charge in [0.25, 0.3) is 0 Å². The molecule has 4 heterocycles. The average molecular weight is 633 g/mol. The van der Waals surface area contributed by atoms with Gasteiger partial charge in [-0.05, 0) is 81.8 Å². The minimum atomic E-state index is -1.18. The Morgan fingerprint density at radius 1 is 0.978 bits per heavy atom. The number of halogens is 2. The van der Waals surface area contributed by atoms with Gasteiger partial charge in [0.05, 0.1) is 11.6 Å². The Kier molecular flexibility index (Phi) is 8.39. The lowest BCUT2D eigenvalue weighted by atomic mass is 9.82. The molecule has 0 spiro atoms. The van der Waals surface area contributed by atoms with Gasteiger partial charge in [-0.3, -0.25) is 24.2 Å². The quantitative estimate of drug-likeness (QED) is 0.255. The first-order chi connectivity index (χ1) is 22.0. The average Bonchev–Trinajstić information content (AvgIpc) is 3.28. The van der Waals surface area contributed by atoms with E-state index < -0.39 is 35.2 Å². The normalized spacial score (nSPS) is 20.7. The van der Waals surface area contributed by atoms with E-state index in [2.05, 4.69) is 15.0 Å². The number of carbonyl (C=O) groups excluding carboxylic acids is 1. The number of H-pyrrole nitrogens is 1. The van der Waals surface area contributed by atoms with Crippen LogP contribution in [0, 0.1) is 11.6 Å². The summed E-state index contributed by atoms with van der Waals surface area (Å²) < 4.78 is 31.6. The summed E-state index contributed by atoms with van der Waals surface area (Å²) in [6, 6.07) is 10.2. The molecule has 4 aromatic rings. The van der Waals surface area contributed by atoms with E-state index >= 15 is 4.39 Å².